The molecular formula is C17H16O4. The second-order valence-corrected chi connectivity index (χ2v) is 4.45. The van der Waals surface area contributed by atoms with Gasteiger partial charge in [0.2, 0.25) is 0 Å². The van der Waals surface area contributed by atoms with E-state index in [1.165, 1.54) is 18.2 Å². The first-order valence-corrected chi connectivity index (χ1v) is 6.56. The number of carbonyl (C=O) groups excluding carboxylic acids is 1. The molecule has 4 nitrogen and oxygen atoms in total. The summed E-state index contributed by atoms with van der Waals surface area (Å²) in [6, 6.07) is 14.3. The lowest BCUT2D eigenvalue weighted by atomic mass is 10.1. The predicted molar refractivity (Wildman–Crippen MR) is 79.9 cm³/mol. The minimum atomic E-state index is -0.492. The van der Waals surface area contributed by atoms with E-state index < -0.39 is 5.97 Å². The zero-order valence-corrected chi connectivity index (χ0v) is 11.4. The topological polar surface area (TPSA) is 66.8 Å². The van der Waals surface area contributed by atoms with Gasteiger partial charge in [-0.15, -0.1) is 0 Å². The normalized spacial score (nSPS) is 10.7. The SMILES string of the molecule is O=C(/C=C/c1cccc(O)c1O)OCCc1ccccc1. The molecule has 0 saturated heterocycles. The standard InChI is InChI=1S/C17H16O4/c18-15-8-4-7-14(17(15)20)9-10-16(19)21-12-11-13-5-2-1-3-6-13/h1-10,18,20H,11-12H2/b10-9+. The fourth-order valence-corrected chi connectivity index (χ4v) is 1.80. The molecule has 0 heterocycles. The van der Waals surface area contributed by atoms with Crippen LogP contribution in [0, 0.1) is 0 Å². The van der Waals surface area contributed by atoms with Crippen LogP contribution in [0.5, 0.6) is 11.5 Å². The Labute approximate surface area is 122 Å². The minimum Gasteiger partial charge on any atom is -0.504 e. The van der Waals surface area contributed by atoms with Crippen molar-refractivity contribution in [2.24, 2.45) is 0 Å². The van der Waals surface area contributed by atoms with Gasteiger partial charge >= 0.3 is 5.97 Å². The van der Waals surface area contributed by atoms with Crippen molar-refractivity contribution in [2.75, 3.05) is 6.61 Å². The number of phenolic OH excluding ortho intramolecular Hbond substituents is 2. The summed E-state index contributed by atoms with van der Waals surface area (Å²) in [5, 5.41) is 18.9. The lowest BCUT2D eigenvalue weighted by Crippen LogP contribution is -2.04. The molecular weight excluding hydrogens is 268 g/mol. The molecule has 0 aromatic heterocycles. The molecule has 2 rings (SSSR count). The molecule has 0 aliphatic heterocycles. The Bertz CT molecular complexity index is 632. The third-order valence-corrected chi connectivity index (χ3v) is 2.92. The first-order valence-electron chi connectivity index (χ1n) is 6.56. The smallest absolute Gasteiger partial charge is 0.330 e. The highest BCUT2D eigenvalue weighted by Gasteiger charge is 2.03. The van der Waals surface area contributed by atoms with E-state index in [9.17, 15) is 15.0 Å². The Balaban J connectivity index is 1.84. The summed E-state index contributed by atoms with van der Waals surface area (Å²) >= 11 is 0. The third kappa shape index (κ3) is 4.38. The van der Waals surface area contributed by atoms with Crippen LogP contribution in [0.4, 0.5) is 0 Å². The lowest BCUT2D eigenvalue weighted by molar-refractivity contribution is -0.137. The number of carbonyl (C=O) groups is 1. The van der Waals surface area contributed by atoms with Crippen molar-refractivity contribution < 1.29 is 19.7 Å². The van der Waals surface area contributed by atoms with Crippen LogP contribution >= 0.6 is 0 Å². The molecule has 0 radical (unpaired) electrons. The maximum atomic E-state index is 11.5. The van der Waals surface area contributed by atoms with E-state index in [1.807, 2.05) is 30.3 Å². The van der Waals surface area contributed by atoms with E-state index in [0.29, 0.717) is 18.6 Å². The molecule has 0 bridgehead atoms. The van der Waals surface area contributed by atoms with Gasteiger partial charge in [0.15, 0.2) is 11.5 Å². The second-order valence-electron chi connectivity index (χ2n) is 4.45. The number of phenols is 2. The van der Waals surface area contributed by atoms with Gasteiger partial charge in [0.1, 0.15) is 0 Å². The highest BCUT2D eigenvalue weighted by atomic mass is 16.5. The van der Waals surface area contributed by atoms with Gasteiger partial charge in [-0.2, -0.15) is 0 Å². The van der Waals surface area contributed by atoms with E-state index in [2.05, 4.69) is 0 Å². The molecule has 0 saturated carbocycles. The summed E-state index contributed by atoms with van der Waals surface area (Å²) in [6.45, 7) is 0.291. The first kappa shape index (κ1) is 14.7. The fourth-order valence-electron chi connectivity index (χ4n) is 1.80. The van der Waals surface area contributed by atoms with E-state index in [1.54, 1.807) is 12.1 Å². The Hall–Kier alpha value is -2.75. The van der Waals surface area contributed by atoms with Crippen LogP contribution in [0.1, 0.15) is 11.1 Å². The summed E-state index contributed by atoms with van der Waals surface area (Å²) < 4.78 is 5.07. The number of rotatable bonds is 5. The number of ether oxygens (including phenoxy) is 1. The largest absolute Gasteiger partial charge is 0.504 e. The van der Waals surface area contributed by atoms with Gasteiger partial charge in [0.25, 0.3) is 0 Å². The van der Waals surface area contributed by atoms with Crippen LogP contribution in [-0.4, -0.2) is 22.8 Å². The van der Waals surface area contributed by atoms with E-state index in [-0.39, 0.29) is 11.5 Å². The third-order valence-electron chi connectivity index (χ3n) is 2.92. The molecule has 2 aromatic carbocycles. The fraction of sp³-hybridized carbons (Fsp3) is 0.118. The van der Waals surface area contributed by atoms with Crippen LogP contribution in [0.25, 0.3) is 6.08 Å². The molecule has 2 aromatic rings. The van der Waals surface area contributed by atoms with Gasteiger partial charge in [-0.1, -0.05) is 42.5 Å². The average Bonchev–Trinajstić information content (AvgIpc) is 2.50. The van der Waals surface area contributed by atoms with Crippen LogP contribution in [0.3, 0.4) is 0 Å². The Morgan fingerprint density at radius 2 is 1.81 bits per heavy atom. The molecule has 0 unspecified atom stereocenters. The van der Waals surface area contributed by atoms with Crippen LogP contribution in [0.15, 0.2) is 54.6 Å². The molecule has 4 heteroatoms. The van der Waals surface area contributed by atoms with Crippen LogP contribution in [-0.2, 0) is 16.0 Å². The Morgan fingerprint density at radius 1 is 1.05 bits per heavy atom. The predicted octanol–water partition coefficient (Wildman–Crippen LogP) is 2.90. The van der Waals surface area contributed by atoms with Crippen LogP contribution < -0.4 is 0 Å². The maximum absolute atomic E-state index is 11.5. The number of hydrogen-bond acceptors (Lipinski definition) is 4. The first-order chi connectivity index (χ1) is 10.2. The van der Waals surface area contributed by atoms with E-state index >= 15 is 0 Å². The van der Waals surface area contributed by atoms with Crippen molar-refractivity contribution in [3.63, 3.8) is 0 Å². The summed E-state index contributed by atoms with van der Waals surface area (Å²) in [4.78, 5) is 11.5. The minimum absolute atomic E-state index is 0.227. The lowest BCUT2D eigenvalue weighted by Gasteiger charge is -2.03. The number of benzene rings is 2. The Kier molecular flexibility index (Phi) is 4.99. The molecule has 0 fully saturated rings. The van der Waals surface area contributed by atoms with Gasteiger partial charge in [0, 0.05) is 18.1 Å². The van der Waals surface area contributed by atoms with Gasteiger partial charge in [-0.05, 0) is 17.7 Å². The molecule has 0 amide bonds. The molecule has 108 valence electrons. The second kappa shape index (κ2) is 7.14. The zero-order valence-electron chi connectivity index (χ0n) is 11.4. The number of aromatic hydroxyl groups is 2. The highest BCUT2D eigenvalue weighted by Crippen LogP contribution is 2.28. The molecule has 0 spiro atoms. The van der Waals surface area contributed by atoms with Crippen molar-refractivity contribution in [3.05, 3.63) is 65.7 Å². The van der Waals surface area contributed by atoms with Gasteiger partial charge in [-0.25, -0.2) is 4.79 Å². The monoisotopic (exact) mass is 284 g/mol. The quantitative estimate of drug-likeness (QED) is 0.503. The Morgan fingerprint density at radius 3 is 2.57 bits per heavy atom. The van der Waals surface area contributed by atoms with Crippen molar-refractivity contribution in [2.45, 2.75) is 6.42 Å². The van der Waals surface area contributed by atoms with Crippen molar-refractivity contribution in [3.8, 4) is 11.5 Å². The molecule has 21 heavy (non-hydrogen) atoms. The average molecular weight is 284 g/mol. The molecule has 0 aliphatic carbocycles. The van der Waals surface area contributed by atoms with Gasteiger partial charge in [0.05, 0.1) is 6.61 Å². The van der Waals surface area contributed by atoms with Crippen molar-refractivity contribution in [1.29, 1.82) is 0 Å². The number of hydrogen-bond donors (Lipinski definition) is 2. The summed E-state index contributed by atoms with van der Waals surface area (Å²) in [5.41, 5.74) is 1.45. The highest BCUT2D eigenvalue weighted by molar-refractivity contribution is 5.87. The molecule has 0 aliphatic rings. The zero-order chi connectivity index (χ0) is 15.1. The van der Waals surface area contributed by atoms with Crippen LogP contribution in [0.2, 0.25) is 0 Å². The van der Waals surface area contributed by atoms with Crippen molar-refractivity contribution >= 4 is 12.0 Å². The van der Waals surface area contributed by atoms with E-state index in [4.69, 9.17) is 4.74 Å². The summed E-state index contributed by atoms with van der Waals surface area (Å²) in [6.07, 6.45) is 3.27. The summed E-state index contributed by atoms with van der Waals surface area (Å²) in [5.74, 6) is -0.978. The molecule has 0 atom stereocenters. The summed E-state index contributed by atoms with van der Waals surface area (Å²) in [7, 11) is 0. The van der Waals surface area contributed by atoms with Gasteiger partial charge < -0.3 is 14.9 Å². The number of esters is 1. The van der Waals surface area contributed by atoms with Crippen molar-refractivity contribution in [1.82, 2.24) is 0 Å². The molecule has 2 N–H and O–H groups in total. The number of para-hydroxylation sites is 1. The maximum Gasteiger partial charge on any atom is 0.330 e. The van der Waals surface area contributed by atoms with E-state index in [0.717, 1.165) is 5.56 Å². The van der Waals surface area contributed by atoms with Gasteiger partial charge in [-0.3, -0.25) is 0 Å².